The minimum absolute atomic E-state index is 0.256. The molecule has 0 aliphatic rings. The van der Waals surface area contributed by atoms with Gasteiger partial charge in [0.15, 0.2) is 0 Å². The Kier molecular flexibility index (Phi) is 6.42. The van der Waals surface area contributed by atoms with Gasteiger partial charge in [-0.25, -0.2) is 0 Å². The molecule has 144 valence electrons. The number of benzene rings is 2. The van der Waals surface area contributed by atoms with Crippen LogP contribution in [-0.2, 0) is 27.4 Å². The number of rotatable bonds is 6. The summed E-state index contributed by atoms with van der Waals surface area (Å²) in [4.78, 5) is 24.6. The summed E-state index contributed by atoms with van der Waals surface area (Å²) in [5, 5.41) is 0. The third-order valence-corrected chi connectivity index (χ3v) is 4.13. The molecule has 0 aromatic heterocycles. The third-order valence-electron chi connectivity index (χ3n) is 4.13. The van der Waals surface area contributed by atoms with E-state index in [2.05, 4.69) is 0 Å². The van der Waals surface area contributed by atoms with E-state index in [9.17, 15) is 9.59 Å². The molecule has 2 aromatic carbocycles. The first-order chi connectivity index (χ1) is 12.6. The predicted molar refractivity (Wildman–Crippen MR) is 105 cm³/mol. The quantitative estimate of drug-likeness (QED) is 0.535. The lowest BCUT2D eigenvalue weighted by Crippen LogP contribution is -2.29. The molecule has 0 radical (unpaired) electrons. The summed E-state index contributed by atoms with van der Waals surface area (Å²) in [5.74, 6) is -0.0644. The molecule has 0 aliphatic carbocycles. The van der Waals surface area contributed by atoms with Crippen LogP contribution in [0.4, 0.5) is 0 Å². The summed E-state index contributed by atoms with van der Waals surface area (Å²) < 4.78 is 10.9. The summed E-state index contributed by atoms with van der Waals surface area (Å²) >= 11 is 0. The maximum atomic E-state index is 12.5. The Morgan fingerprint density at radius 3 is 2.07 bits per heavy atom. The number of hydrogen-bond acceptors (Lipinski definition) is 4. The highest BCUT2D eigenvalue weighted by Gasteiger charge is 2.30. The third kappa shape index (κ3) is 6.24. The van der Waals surface area contributed by atoms with Crippen molar-refractivity contribution in [3.63, 3.8) is 0 Å². The van der Waals surface area contributed by atoms with Gasteiger partial charge >= 0.3 is 11.9 Å². The molecule has 0 amide bonds. The van der Waals surface area contributed by atoms with Crippen LogP contribution in [0, 0.1) is 10.8 Å². The van der Waals surface area contributed by atoms with Crippen molar-refractivity contribution in [3.05, 3.63) is 65.7 Å². The number of carbonyl (C=O) groups excluding carboxylic acids is 2. The molecule has 0 saturated carbocycles. The van der Waals surface area contributed by atoms with Crippen LogP contribution < -0.4 is 4.74 Å². The Morgan fingerprint density at radius 2 is 1.44 bits per heavy atom. The van der Waals surface area contributed by atoms with Crippen molar-refractivity contribution in [1.82, 2.24) is 0 Å². The monoisotopic (exact) mass is 368 g/mol. The Hall–Kier alpha value is -2.62. The van der Waals surface area contributed by atoms with Crippen LogP contribution in [0.5, 0.6) is 5.75 Å². The summed E-state index contributed by atoms with van der Waals surface area (Å²) in [5.41, 5.74) is 0.603. The van der Waals surface area contributed by atoms with Gasteiger partial charge in [0.25, 0.3) is 0 Å². The first kappa shape index (κ1) is 20.7. The van der Waals surface area contributed by atoms with Gasteiger partial charge in [0.05, 0.1) is 10.8 Å². The van der Waals surface area contributed by atoms with Gasteiger partial charge in [0, 0.05) is 0 Å². The van der Waals surface area contributed by atoms with Crippen molar-refractivity contribution in [2.75, 3.05) is 0 Å². The zero-order chi connectivity index (χ0) is 20.1. The number of carbonyl (C=O) groups is 2. The molecule has 0 fully saturated rings. The molecule has 0 saturated heterocycles. The van der Waals surface area contributed by atoms with E-state index in [1.54, 1.807) is 12.1 Å². The van der Waals surface area contributed by atoms with Gasteiger partial charge in [-0.1, -0.05) is 42.5 Å². The standard InChI is InChI=1S/C23H28O4/c1-22(2,3)20(24)27-19-13-9-12-18(14-19)15-23(4,5)21(25)26-16-17-10-7-6-8-11-17/h6-14H,15-16H2,1-5H3. The first-order valence-corrected chi connectivity index (χ1v) is 9.10. The first-order valence-electron chi connectivity index (χ1n) is 9.10. The Morgan fingerprint density at radius 1 is 0.815 bits per heavy atom. The molecule has 4 heteroatoms. The van der Waals surface area contributed by atoms with Crippen molar-refractivity contribution >= 4 is 11.9 Å². The fraction of sp³-hybridized carbons (Fsp3) is 0.391. The minimum Gasteiger partial charge on any atom is -0.460 e. The largest absolute Gasteiger partial charge is 0.460 e. The SMILES string of the molecule is CC(C)(C)C(=O)Oc1cccc(CC(C)(C)C(=O)OCc2ccccc2)c1. The highest BCUT2D eigenvalue weighted by molar-refractivity contribution is 5.78. The molecule has 0 heterocycles. The molecule has 0 spiro atoms. The molecular weight excluding hydrogens is 340 g/mol. The van der Waals surface area contributed by atoms with Crippen LogP contribution in [0.1, 0.15) is 45.7 Å². The zero-order valence-corrected chi connectivity index (χ0v) is 16.7. The molecule has 4 nitrogen and oxygen atoms in total. The van der Waals surface area contributed by atoms with Crippen molar-refractivity contribution in [2.24, 2.45) is 10.8 Å². The summed E-state index contributed by atoms with van der Waals surface area (Å²) in [6.07, 6.45) is 0.488. The molecule has 2 rings (SSSR count). The smallest absolute Gasteiger partial charge is 0.316 e. The molecule has 0 atom stereocenters. The molecular formula is C23H28O4. The van der Waals surface area contributed by atoms with Crippen molar-refractivity contribution in [1.29, 1.82) is 0 Å². The maximum Gasteiger partial charge on any atom is 0.316 e. The van der Waals surface area contributed by atoms with Gasteiger partial charge in [-0.3, -0.25) is 9.59 Å². The van der Waals surface area contributed by atoms with Crippen LogP contribution >= 0.6 is 0 Å². The van der Waals surface area contributed by atoms with Gasteiger partial charge in [-0.05, 0) is 64.3 Å². The zero-order valence-electron chi connectivity index (χ0n) is 16.7. The van der Waals surface area contributed by atoms with E-state index in [-0.39, 0.29) is 18.5 Å². The number of ether oxygens (including phenoxy) is 2. The predicted octanol–water partition coefficient (Wildman–Crippen LogP) is 4.95. The average molecular weight is 368 g/mol. The van der Waals surface area contributed by atoms with Crippen molar-refractivity contribution < 1.29 is 19.1 Å². The maximum absolute atomic E-state index is 12.5. The molecule has 0 aliphatic heterocycles. The minimum atomic E-state index is -0.693. The van der Waals surface area contributed by atoms with E-state index < -0.39 is 10.8 Å². The van der Waals surface area contributed by atoms with E-state index in [1.807, 2.05) is 77.1 Å². The second-order valence-electron chi connectivity index (χ2n) is 8.41. The number of esters is 2. The van der Waals surface area contributed by atoms with Crippen LogP contribution in [0.2, 0.25) is 0 Å². The topological polar surface area (TPSA) is 52.6 Å². The van der Waals surface area contributed by atoms with E-state index in [4.69, 9.17) is 9.47 Å². The van der Waals surface area contributed by atoms with Crippen molar-refractivity contribution in [3.8, 4) is 5.75 Å². The van der Waals surface area contributed by atoms with E-state index >= 15 is 0 Å². The number of hydrogen-bond donors (Lipinski definition) is 0. The Balaban J connectivity index is 2.00. The lowest BCUT2D eigenvalue weighted by molar-refractivity contribution is -0.155. The Labute approximate surface area is 161 Å². The van der Waals surface area contributed by atoms with Gasteiger partial charge in [0.2, 0.25) is 0 Å². The summed E-state index contributed by atoms with van der Waals surface area (Å²) in [7, 11) is 0. The average Bonchev–Trinajstić information content (AvgIpc) is 2.59. The lowest BCUT2D eigenvalue weighted by atomic mass is 9.86. The summed E-state index contributed by atoms with van der Waals surface area (Å²) in [6.45, 7) is 9.40. The van der Waals surface area contributed by atoms with Crippen molar-refractivity contribution in [2.45, 2.75) is 47.6 Å². The van der Waals surface area contributed by atoms with E-state index in [1.165, 1.54) is 0 Å². The second kappa shape index (κ2) is 8.38. The van der Waals surface area contributed by atoms with E-state index in [0.717, 1.165) is 11.1 Å². The van der Waals surface area contributed by atoms with Crippen LogP contribution in [0.25, 0.3) is 0 Å². The van der Waals surface area contributed by atoms with Gasteiger partial charge < -0.3 is 9.47 Å². The highest BCUT2D eigenvalue weighted by Crippen LogP contribution is 2.27. The second-order valence-corrected chi connectivity index (χ2v) is 8.41. The van der Waals surface area contributed by atoms with Gasteiger partial charge in [0.1, 0.15) is 12.4 Å². The van der Waals surface area contributed by atoms with E-state index in [0.29, 0.717) is 12.2 Å². The van der Waals surface area contributed by atoms with Crippen LogP contribution in [0.3, 0.4) is 0 Å². The molecule has 0 unspecified atom stereocenters. The summed E-state index contributed by atoms with van der Waals surface area (Å²) in [6, 6.07) is 16.9. The molecule has 27 heavy (non-hydrogen) atoms. The van der Waals surface area contributed by atoms with Crippen LogP contribution in [0.15, 0.2) is 54.6 Å². The van der Waals surface area contributed by atoms with Gasteiger partial charge in [-0.2, -0.15) is 0 Å². The fourth-order valence-electron chi connectivity index (χ4n) is 2.48. The van der Waals surface area contributed by atoms with Gasteiger partial charge in [-0.15, -0.1) is 0 Å². The molecule has 2 aromatic rings. The van der Waals surface area contributed by atoms with Crippen LogP contribution in [-0.4, -0.2) is 11.9 Å². The molecule has 0 N–H and O–H groups in total. The fourth-order valence-corrected chi connectivity index (χ4v) is 2.48. The lowest BCUT2D eigenvalue weighted by Gasteiger charge is -2.23. The Bertz CT molecular complexity index is 786. The normalized spacial score (nSPS) is 11.7. The molecule has 0 bridgehead atoms. The highest BCUT2D eigenvalue weighted by atomic mass is 16.5.